The molecule has 0 aliphatic heterocycles. The minimum atomic E-state index is 0.195. The standard InChI is InChI=1S/C14H25N5O2/c1-3-8-21-14-18-12(15-2)17-13(19-14)16-11-7-5-4-6-10(11)9-20/h10-11,20H,3-9H2,1-2H3,(H2,15,16,17,18,19). The summed E-state index contributed by atoms with van der Waals surface area (Å²) in [4.78, 5) is 12.8. The fourth-order valence-electron chi connectivity index (χ4n) is 2.57. The van der Waals surface area contributed by atoms with Crippen molar-refractivity contribution in [2.24, 2.45) is 5.92 Å². The van der Waals surface area contributed by atoms with Gasteiger partial charge in [-0.3, -0.25) is 0 Å². The smallest absolute Gasteiger partial charge is 0.323 e. The van der Waals surface area contributed by atoms with Crippen LogP contribution in [0, 0.1) is 5.92 Å². The fourth-order valence-corrected chi connectivity index (χ4v) is 2.57. The molecule has 2 unspecified atom stereocenters. The van der Waals surface area contributed by atoms with Crippen molar-refractivity contribution in [2.75, 3.05) is 30.9 Å². The highest BCUT2D eigenvalue weighted by Crippen LogP contribution is 2.26. The van der Waals surface area contributed by atoms with Gasteiger partial charge in [0.05, 0.1) is 6.61 Å². The average molecular weight is 295 g/mol. The van der Waals surface area contributed by atoms with E-state index < -0.39 is 0 Å². The Morgan fingerprint density at radius 1 is 1.19 bits per heavy atom. The van der Waals surface area contributed by atoms with Crippen LogP contribution in [-0.4, -0.2) is 46.4 Å². The lowest BCUT2D eigenvalue weighted by atomic mass is 9.85. The maximum atomic E-state index is 9.48. The number of hydrogen-bond donors (Lipinski definition) is 3. The van der Waals surface area contributed by atoms with Crippen LogP contribution in [0.15, 0.2) is 0 Å². The summed E-state index contributed by atoms with van der Waals surface area (Å²) < 4.78 is 5.49. The highest BCUT2D eigenvalue weighted by atomic mass is 16.5. The molecule has 1 aromatic rings. The van der Waals surface area contributed by atoms with Crippen molar-refractivity contribution in [3.8, 4) is 6.01 Å². The van der Waals surface area contributed by atoms with E-state index in [4.69, 9.17) is 4.74 Å². The molecule has 0 aromatic carbocycles. The number of anilines is 2. The van der Waals surface area contributed by atoms with Gasteiger partial charge in [0.1, 0.15) is 0 Å². The maximum absolute atomic E-state index is 9.48. The molecule has 7 heteroatoms. The summed E-state index contributed by atoms with van der Waals surface area (Å²) in [5.41, 5.74) is 0. The van der Waals surface area contributed by atoms with Crippen LogP contribution in [0.2, 0.25) is 0 Å². The van der Waals surface area contributed by atoms with Crippen molar-refractivity contribution in [3.05, 3.63) is 0 Å². The second-order valence-corrected chi connectivity index (χ2v) is 5.34. The average Bonchev–Trinajstić information content (AvgIpc) is 2.53. The van der Waals surface area contributed by atoms with E-state index in [1.54, 1.807) is 7.05 Å². The molecule has 21 heavy (non-hydrogen) atoms. The van der Waals surface area contributed by atoms with Crippen molar-refractivity contribution in [1.29, 1.82) is 0 Å². The molecule has 1 saturated carbocycles. The molecule has 0 bridgehead atoms. The van der Waals surface area contributed by atoms with Gasteiger partial charge in [0.15, 0.2) is 0 Å². The first kappa shape index (κ1) is 15.8. The van der Waals surface area contributed by atoms with Crippen LogP contribution < -0.4 is 15.4 Å². The topological polar surface area (TPSA) is 92.2 Å². The van der Waals surface area contributed by atoms with Crippen molar-refractivity contribution >= 4 is 11.9 Å². The molecule has 1 aliphatic rings. The molecule has 0 amide bonds. The SMILES string of the molecule is CCCOc1nc(NC)nc(NC2CCCCC2CO)n1. The minimum absolute atomic E-state index is 0.195. The van der Waals surface area contributed by atoms with Gasteiger partial charge in [-0.1, -0.05) is 19.8 Å². The summed E-state index contributed by atoms with van der Waals surface area (Å²) in [6, 6.07) is 0.532. The van der Waals surface area contributed by atoms with E-state index in [1.807, 2.05) is 6.92 Å². The molecule has 2 atom stereocenters. The second-order valence-electron chi connectivity index (χ2n) is 5.34. The van der Waals surface area contributed by atoms with E-state index in [2.05, 4.69) is 25.6 Å². The molecule has 1 fully saturated rings. The van der Waals surface area contributed by atoms with Gasteiger partial charge in [0, 0.05) is 25.6 Å². The predicted octanol–water partition coefficient (Wildman–Crippen LogP) is 1.67. The van der Waals surface area contributed by atoms with E-state index >= 15 is 0 Å². The molecule has 1 aliphatic carbocycles. The number of ether oxygens (including phenoxy) is 1. The van der Waals surface area contributed by atoms with Crippen molar-refractivity contribution < 1.29 is 9.84 Å². The fraction of sp³-hybridized carbons (Fsp3) is 0.786. The van der Waals surface area contributed by atoms with E-state index in [9.17, 15) is 5.11 Å². The van der Waals surface area contributed by atoms with Gasteiger partial charge in [-0.25, -0.2) is 0 Å². The third-order valence-corrected chi connectivity index (χ3v) is 3.73. The summed E-state index contributed by atoms with van der Waals surface area (Å²) >= 11 is 0. The molecule has 1 heterocycles. The number of nitrogens with zero attached hydrogens (tertiary/aromatic N) is 3. The Morgan fingerprint density at radius 3 is 2.67 bits per heavy atom. The van der Waals surface area contributed by atoms with Gasteiger partial charge in [0.2, 0.25) is 11.9 Å². The molecule has 2 rings (SSSR count). The summed E-state index contributed by atoms with van der Waals surface area (Å²) in [7, 11) is 1.76. The number of aromatic nitrogens is 3. The van der Waals surface area contributed by atoms with Gasteiger partial charge in [-0.2, -0.15) is 15.0 Å². The van der Waals surface area contributed by atoms with Crippen molar-refractivity contribution in [3.63, 3.8) is 0 Å². The van der Waals surface area contributed by atoms with Crippen LogP contribution in [-0.2, 0) is 0 Å². The van der Waals surface area contributed by atoms with Crippen LogP contribution in [0.3, 0.4) is 0 Å². The largest absolute Gasteiger partial charge is 0.463 e. The Hall–Kier alpha value is -1.63. The maximum Gasteiger partial charge on any atom is 0.323 e. The molecular formula is C14H25N5O2. The van der Waals surface area contributed by atoms with E-state index in [0.29, 0.717) is 24.5 Å². The zero-order valence-corrected chi connectivity index (χ0v) is 12.8. The van der Waals surface area contributed by atoms with Crippen LogP contribution in [0.25, 0.3) is 0 Å². The van der Waals surface area contributed by atoms with Gasteiger partial charge >= 0.3 is 6.01 Å². The number of hydrogen-bond acceptors (Lipinski definition) is 7. The highest BCUT2D eigenvalue weighted by molar-refractivity contribution is 5.36. The third-order valence-electron chi connectivity index (χ3n) is 3.73. The van der Waals surface area contributed by atoms with Crippen molar-refractivity contribution in [1.82, 2.24) is 15.0 Å². The Balaban J connectivity index is 2.10. The van der Waals surface area contributed by atoms with Gasteiger partial charge in [-0.05, 0) is 19.3 Å². The van der Waals surface area contributed by atoms with E-state index in [-0.39, 0.29) is 18.6 Å². The Morgan fingerprint density at radius 2 is 1.95 bits per heavy atom. The predicted molar refractivity (Wildman–Crippen MR) is 81.6 cm³/mol. The lowest BCUT2D eigenvalue weighted by Gasteiger charge is -2.30. The van der Waals surface area contributed by atoms with Crippen molar-refractivity contribution in [2.45, 2.75) is 45.1 Å². The normalized spacial score (nSPS) is 21.9. The van der Waals surface area contributed by atoms with Gasteiger partial charge < -0.3 is 20.5 Å². The number of aliphatic hydroxyl groups excluding tert-OH is 1. The van der Waals surface area contributed by atoms with Crippen LogP contribution in [0.5, 0.6) is 6.01 Å². The third kappa shape index (κ3) is 4.42. The van der Waals surface area contributed by atoms with E-state index in [1.165, 1.54) is 6.42 Å². The molecule has 0 spiro atoms. The lowest BCUT2D eigenvalue weighted by Crippen LogP contribution is -2.35. The monoisotopic (exact) mass is 295 g/mol. The zero-order chi connectivity index (χ0) is 15.1. The van der Waals surface area contributed by atoms with Crippen LogP contribution in [0.4, 0.5) is 11.9 Å². The Labute approximate surface area is 125 Å². The van der Waals surface area contributed by atoms with Gasteiger partial charge in [-0.15, -0.1) is 0 Å². The molecule has 1 aromatic heterocycles. The van der Waals surface area contributed by atoms with E-state index in [0.717, 1.165) is 25.7 Å². The van der Waals surface area contributed by atoms with Crippen LogP contribution >= 0.6 is 0 Å². The summed E-state index contributed by atoms with van der Waals surface area (Å²) in [5, 5.41) is 15.7. The summed E-state index contributed by atoms with van der Waals surface area (Å²) in [6.07, 6.45) is 5.30. The molecule has 3 N–H and O–H groups in total. The summed E-state index contributed by atoms with van der Waals surface area (Å²) in [5.74, 6) is 1.24. The minimum Gasteiger partial charge on any atom is -0.463 e. The first-order chi connectivity index (χ1) is 10.3. The quantitative estimate of drug-likeness (QED) is 0.704. The number of aliphatic hydroxyl groups is 1. The zero-order valence-electron chi connectivity index (χ0n) is 12.8. The molecular weight excluding hydrogens is 270 g/mol. The first-order valence-corrected chi connectivity index (χ1v) is 7.70. The molecule has 118 valence electrons. The van der Waals surface area contributed by atoms with Crippen LogP contribution in [0.1, 0.15) is 39.0 Å². The second kappa shape index (κ2) is 7.97. The van der Waals surface area contributed by atoms with Gasteiger partial charge in [0.25, 0.3) is 0 Å². The number of rotatable bonds is 7. The highest BCUT2D eigenvalue weighted by Gasteiger charge is 2.25. The number of nitrogens with one attached hydrogen (secondary N) is 2. The molecule has 0 saturated heterocycles. The first-order valence-electron chi connectivity index (χ1n) is 7.70. The Kier molecular flexibility index (Phi) is 5.98. The summed E-state index contributed by atoms with van der Waals surface area (Å²) in [6.45, 7) is 2.81. The molecule has 0 radical (unpaired) electrons. The lowest BCUT2D eigenvalue weighted by molar-refractivity contribution is 0.177. The molecule has 7 nitrogen and oxygen atoms in total. The Bertz CT molecular complexity index is 443.